The monoisotopic (exact) mass is 256 g/mol. The Morgan fingerprint density at radius 2 is 2.16 bits per heavy atom. The molecule has 6 nitrogen and oxygen atoms in total. The fourth-order valence-corrected chi connectivity index (χ4v) is 2.10. The minimum absolute atomic E-state index is 0.0603. The Morgan fingerprint density at radius 1 is 1.42 bits per heavy atom. The largest absolute Gasteiger partial charge is 0.362 e. The summed E-state index contributed by atoms with van der Waals surface area (Å²) < 4.78 is 0. The van der Waals surface area contributed by atoms with E-state index in [1.165, 1.54) is 6.07 Å². The first-order valence-electron chi connectivity index (χ1n) is 6.00. The Balaban J connectivity index is 2.44. The lowest BCUT2D eigenvalue weighted by Crippen LogP contribution is -2.27. The Hall–Kier alpha value is -2.60. The van der Waals surface area contributed by atoms with Crippen molar-refractivity contribution in [2.75, 3.05) is 11.4 Å². The summed E-state index contributed by atoms with van der Waals surface area (Å²) in [6, 6.07) is 8.89. The molecule has 1 aliphatic rings. The molecule has 0 aliphatic heterocycles. The standard InChI is InChI=1S/C13H12N4O2/c14-7-2-8-16(11-5-6-11)12-4-1-3-10(9-15)13(12)17(18)19/h1,3-4,11H,2,5-6,8H2. The van der Waals surface area contributed by atoms with Crippen LogP contribution in [0.4, 0.5) is 11.4 Å². The van der Waals surface area contributed by atoms with Crippen LogP contribution < -0.4 is 4.90 Å². The van der Waals surface area contributed by atoms with Crippen LogP contribution in [0.1, 0.15) is 24.8 Å². The number of nitro benzene ring substituents is 1. The minimum Gasteiger partial charge on any atom is -0.362 e. The highest BCUT2D eigenvalue weighted by atomic mass is 16.6. The van der Waals surface area contributed by atoms with Gasteiger partial charge >= 0.3 is 5.69 Å². The average Bonchev–Trinajstić information content (AvgIpc) is 3.23. The van der Waals surface area contributed by atoms with Crippen LogP contribution in [0, 0.1) is 32.8 Å². The molecule has 0 radical (unpaired) electrons. The summed E-state index contributed by atoms with van der Waals surface area (Å²) in [5.74, 6) is 0. The molecule has 2 rings (SSSR count). The molecule has 0 amide bonds. The molecular formula is C13H12N4O2. The number of nitro groups is 1. The minimum atomic E-state index is -0.518. The van der Waals surface area contributed by atoms with Gasteiger partial charge in [-0.05, 0) is 25.0 Å². The number of hydrogen-bond acceptors (Lipinski definition) is 5. The molecule has 0 N–H and O–H groups in total. The molecule has 0 atom stereocenters. The summed E-state index contributed by atoms with van der Waals surface area (Å²) in [5.41, 5.74) is 0.349. The van der Waals surface area contributed by atoms with Crippen molar-refractivity contribution in [1.29, 1.82) is 10.5 Å². The number of nitrogens with zero attached hydrogens (tertiary/aromatic N) is 4. The summed E-state index contributed by atoms with van der Waals surface area (Å²) in [5, 5.41) is 28.8. The van der Waals surface area contributed by atoms with E-state index in [4.69, 9.17) is 10.5 Å². The summed E-state index contributed by atoms with van der Waals surface area (Å²) >= 11 is 0. The van der Waals surface area contributed by atoms with Gasteiger partial charge in [0.05, 0.1) is 17.4 Å². The molecule has 0 spiro atoms. The second-order valence-corrected chi connectivity index (χ2v) is 4.37. The average molecular weight is 256 g/mol. The van der Waals surface area contributed by atoms with Gasteiger partial charge in [0.15, 0.2) is 0 Å². The van der Waals surface area contributed by atoms with Crippen molar-refractivity contribution < 1.29 is 4.92 Å². The first-order valence-corrected chi connectivity index (χ1v) is 6.00. The highest BCUT2D eigenvalue weighted by Gasteiger charge is 2.33. The third-order valence-electron chi connectivity index (χ3n) is 3.08. The summed E-state index contributed by atoms with van der Waals surface area (Å²) in [6.45, 7) is 0.455. The van der Waals surface area contributed by atoms with E-state index in [0.717, 1.165) is 12.8 Å². The molecule has 0 bridgehead atoms. The van der Waals surface area contributed by atoms with Gasteiger partial charge in [-0.2, -0.15) is 10.5 Å². The van der Waals surface area contributed by atoms with Gasteiger partial charge in [0.1, 0.15) is 17.3 Å². The lowest BCUT2D eigenvalue weighted by atomic mass is 10.1. The molecule has 1 aromatic carbocycles. The van der Waals surface area contributed by atoms with E-state index >= 15 is 0 Å². The molecule has 1 aliphatic carbocycles. The molecular weight excluding hydrogens is 244 g/mol. The van der Waals surface area contributed by atoms with Crippen LogP contribution in [0.3, 0.4) is 0 Å². The summed E-state index contributed by atoms with van der Waals surface area (Å²) in [4.78, 5) is 12.5. The van der Waals surface area contributed by atoms with Gasteiger partial charge in [-0.15, -0.1) is 0 Å². The Bertz CT molecular complexity index is 581. The van der Waals surface area contributed by atoms with Gasteiger partial charge in [0.25, 0.3) is 0 Å². The van der Waals surface area contributed by atoms with Crippen molar-refractivity contribution in [3.05, 3.63) is 33.9 Å². The van der Waals surface area contributed by atoms with Crippen LogP contribution in [-0.2, 0) is 0 Å². The van der Waals surface area contributed by atoms with E-state index in [2.05, 4.69) is 6.07 Å². The van der Waals surface area contributed by atoms with Gasteiger partial charge in [-0.3, -0.25) is 10.1 Å². The smallest absolute Gasteiger partial charge is 0.310 e. The maximum atomic E-state index is 11.2. The van der Waals surface area contributed by atoms with E-state index < -0.39 is 4.92 Å². The zero-order valence-corrected chi connectivity index (χ0v) is 10.2. The SMILES string of the molecule is N#CCCN(c1cccc(C#N)c1[N+](=O)[O-])C1CC1. The van der Waals surface area contributed by atoms with E-state index in [0.29, 0.717) is 18.7 Å². The lowest BCUT2D eigenvalue weighted by molar-refractivity contribution is -0.384. The van der Waals surface area contributed by atoms with Crippen LogP contribution >= 0.6 is 0 Å². The van der Waals surface area contributed by atoms with Crippen molar-refractivity contribution in [1.82, 2.24) is 0 Å². The second-order valence-electron chi connectivity index (χ2n) is 4.37. The molecule has 0 saturated heterocycles. The fraction of sp³-hybridized carbons (Fsp3) is 0.385. The number of anilines is 1. The topological polar surface area (TPSA) is 94.0 Å². The maximum Gasteiger partial charge on any atom is 0.310 e. The lowest BCUT2D eigenvalue weighted by Gasteiger charge is -2.23. The zero-order valence-electron chi connectivity index (χ0n) is 10.2. The Morgan fingerprint density at radius 3 is 2.68 bits per heavy atom. The first-order chi connectivity index (χ1) is 9.19. The maximum absolute atomic E-state index is 11.2. The zero-order chi connectivity index (χ0) is 13.8. The molecule has 1 aromatic rings. The molecule has 19 heavy (non-hydrogen) atoms. The second kappa shape index (κ2) is 5.36. The molecule has 0 heterocycles. The molecule has 1 fully saturated rings. The van der Waals surface area contributed by atoms with Crippen LogP contribution in [0.15, 0.2) is 18.2 Å². The predicted molar refractivity (Wildman–Crippen MR) is 68.4 cm³/mol. The van der Waals surface area contributed by atoms with Crippen LogP contribution in [0.25, 0.3) is 0 Å². The van der Waals surface area contributed by atoms with Gasteiger partial charge in [0, 0.05) is 12.6 Å². The predicted octanol–water partition coefficient (Wildman–Crippen LogP) is 2.35. The van der Waals surface area contributed by atoms with Gasteiger partial charge in [-0.25, -0.2) is 0 Å². The summed E-state index contributed by atoms with van der Waals surface area (Å²) in [7, 11) is 0. The van der Waals surface area contributed by atoms with Gasteiger partial charge in [0.2, 0.25) is 0 Å². The van der Waals surface area contributed by atoms with E-state index in [-0.39, 0.29) is 17.3 Å². The normalized spacial score (nSPS) is 13.4. The quantitative estimate of drug-likeness (QED) is 0.595. The highest BCUT2D eigenvalue weighted by Crippen LogP contribution is 2.38. The number of para-hydroxylation sites is 1. The Kier molecular flexibility index (Phi) is 3.63. The molecule has 0 unspecified atom stereocenters. The van der Waals surface area contributed by atoms with Crippen LogP contribution in [0.2, 0.25) is 0 Å². The van der Waals surface area contributed by atoms with Crippen molar-refractivity contribution in [3.63, 3.8) is 0 Å². The van der Waals surface area contributed by atoms with Crippen molar-refractivity contribution >= 4 is 11.4 Å². The van der Waals surface area contributed by atoms with E-state index in [1.807, 2.05) is 11.0 Å². The summed E-state index contributed by atoms with van der Waals surface area (Å²) in [6.07, 6.45) is 2.25. The number of hydrogen-bond donors (Lipinski definition) is 0. The van der Waals surface area contributed by atoms with Gasteiger partial charge in [-0.1, -0.05) is 6.07 Å². The molecule has 6 heteroatoms. The molecule has 0 aromatic heterocycles. The van der Waals surface area contributed by atoms with Crippen molar-refractivity contribution in [3.8, 4) is 12.1 Å². The number of nitriles is 2. The number of rotatable bonds is 5. The third kappa shape index (κ3) is 2.63. The molecule has 96 valence electrons. The number of benzene rings is 1. The van der Waals surface area contributed by atoms with E-state index in [9.17, 15) is 10.1 Å². The third-order valence-corrected chi connectivity index (χ3v) is 3.08. The van der Waals surface area contributed by atoms with Crippen molar-refractivity contribution in [2.45, 2.75) is 25.3 Å². The van der Waals surface area contributed by atoms with E-state index in [1.54, 1.807) is 12.1 Å². The fourth-order valence-electron chi connectivity index (χ4n) is 2.10. The first kappa shape index (κ1) is 12.8. The van der Waals surface area contributed by atoms with Crippen LogP contribution in [-0.4, -0.2) is 17.5 Å². The molecule has 1 saturated carbocycles. The van der Waals surface area contributed by atoms with Gasteiger partial charge < -0.3 is 4.90 Å². The Labute approximate surface area is 110 Å². The highest BCUT2D eigenvalue weighted by molar-refractivity contribution is 5.70. The van der Waals surface area contributed by atoms with Crippen LogP contribution in [0.5, 0.6) is 0 Å². The van der Waals surface area contributed by atoms with Crippen molar-refractivity contribution in [2.24, 2.45) is 0 Å².